The molecular formula is C30H30F2N8O2. The van der Waals surface area contributed by atoms with Crippen molar-refractivity contribution in [3.05, 3.63) is 119 Å². The number of hydrogen-bond acceptors (Lipinski definition) is 7. The van der Waals surface area contributed by atoms with Crippen molar-refractivity contribution < 1.29 is 13.9 Å². The minimum Gasteiger partial charge on any atom is -0.381 e. The summed E-state index contributed by atoms with van der Waals surface area (Å²) in [6.45, 7) is 5.05. The van der Waals surface area contributed by atoms with Crippen molar-refractivity contribution in [1.29, 1.82) is 0 Å². The number of benzene rings is 3. The molecule has 6 rings (SSSR count). The predicted octanol–water partition coefficient (Wildman–Crippen LogP) is 3.13. The normalized spacial score (nSPS) is 15.1. The van der Waals surface area contributed by atoms with Crippen molar-refractivity contribution in [2.24, 2.45) is 0 Å². The second-order valence-electron chi connectivity index (χ2n) is 10.5. The molecule has 5 aromatic rings. The van der Waals surface area contributed by atoms with Crippen molar-refractivity contribution in [2.45, 2.75) is 25.6 Å². The quantitative estimate of drug-likeness (QED) is 0.305. The van der Waals surface area contributed by atoms with E-state index in [2.05, 4.69) is 56.2 Å². The number of halogens is 2. The molecule has 1 unspecified atom stereocenters. The second kappa shape index (κ2) is 11.2. The Bertz CT molecular complexity index is 1730. The molecule has 1 aliphatic heterocycles. The monoisotopic (exact) mass is 572 g/mol. The van der Waals surface area contributed by atoms with Crippen molar-refractivity contribution in [3.8, 4) is 5.69 Å². The van der Waals surface area contributed by atoms with E-state index in [1.54, 1.807) is 0 Å². The molecular weight excluding hydrogens is 542 g/mol. The molecule has 42 heavy (non-hydrogen) atoms. The van der Waals surface area contributed by atoms with Gasteiger partial charge in [-0.2, -0.15) is 10.2 Å². The molecule has 12 heteroatoms. The van der Waals surface area contributed by atoms with Gasteiger partial charge in [-0.1, -0.05) is 24.3 Å². The van der Waals surface area contributed by atoms with E-state index in [1.807, 2.05) is 24.3 Å². The fourth-order valence-corrected chi connectivity index (χ4v) is 5.49. The third kappa shape index (κ3) is 5.40. The SMILES string of the molecule is Cc1ccccc1N1CCN(c2ccc(-n3cnn(CC(O)(Cn4cncn4)c4ccc(F)cc4F)c3=O)cc2)CC1. The average Bonchev–Trinajstić information content (AvgIpc) is 3.63. The Morgan fingerprint density at radius 3 is 2.26 bits per heavy atom. The van der Waals surface area contributed by atoms with Gasteiger partial charge in [0.25, 0.3) is 0 Å². The highest BCUT2D eigenvalue weighted by molar-refractivity contribution is 5.56. The standard InChI is InChI=1S/C30H30F2N8O2/c1-22-4-2-3-5-28(22)37-14-12-36(13-15-37)24-7-9-25(10-8-24)39-21-35-40(29(39)41)18-30(42,17-38-20-33-19-34-38)26-11-6-23(31)16-27(26)32/h2-11,16,19-21,42H,12-15,17-18H2,1H3. The third-order valence-electron chi connectivity index (χ3n) is 7.70. The van der Waals surface area contributed by atoms with E-state index in [0.29, 0.717) is 11.8 Å². The summed E-state index contributed by atoms with van der Waals surface area (Å²) in [5.41, 5.74) is 1.50. The molecule has 3 aromatic carbocycles. The van der Waals surface area contributed by atoms with Crippen LogP contribution in [0.3, 0.4) is 0 Å². The highest BCUT2D eigenvalue weighted by Crippen LogP contribution is 2.28. The van der Waals surface area contributed by atoms with Crippen LogP contribution in [0.25, 0.3) is 5.69 Å². The molecule has 1 N–H and O–H groups in total. The lowest BCUT2D eigenvalue weighted by Crippen LogP contribution is -2.46. The molecule has 0 aliphatic carbocycles. The Kier molecular flexibility index (Phi) is 7.29. The number of para-hydroxylation sites is 1. The van der Waals surface area contributed by atoms with Crippen LogP contribution in [0, 0.1) is 18.6 Å². The molecule has 0 bridgehead atoms. The first-order chi connectivity index (χ1) is 20.3. The van der Waals surface area contributed by atoms with Crippen molar-refractivity contribution >= 4 is 11.4 Å². The van der Waals surface area contributed by atoms with Gasteiger partial charge in [-0.3, -0.25) is 0 Å². The van der Waals surface area contributed by atoms with Crippen molar-refractivity contribution in [3.63, 3.8) is 0 Å². The van der Waals surface area contributed by atoms with E-state index in [-0.39, 0.29) is 12.1 Å². The molecule has 1 fully saturated rings. The number of aromatic nitrogens is 6. The Hall–Kier alpha value is -4.84. The largest absolute Gasteiger partial charge is 0.381 e. The first-order valence-electron chi connectivity index (χ1n) is 13.6. The van der Waals surface area contributed by atoms with Crippen LogP contribution in [0.15, 0.2) is 90.5 Å². The molecule has 216 valence electrons. The van der Waals surface area contributed by atoms with Gasteiger partial charge in [0.05, 0.1) is 18.8 Å². The minimum atomic E-state index is -1.97. The van der Waals surface area contributed by atoms with E-state index >= 15 is 0 Å². The van der Waals surface area contributed by atoms with E-state index in [0.717, 1.165) is 48.7 Å². The van der Waals surface area contributed by atoms with Gasteiger partial charge in [-0.25, -0.2) is 32.5 Å². The molecule has 1 atom stereocenters. The highest BCUT2D eigenvalue weighted by atomic mass is 19.1. The summed E-state index contributed by atoms with van der Waals surface area (Å²) in [6.07, 6.45) is 3.99. The first kappa shape index (κ1) is 27.3. The van der Waals surface area contributed by atoms with Crippen LogP contribution >= 0.6 is 0 Å². The van der Waals surface area contributed by atoms with Gasteiger partial charge < -0.3 is 14.9 Å². The van der Waals surface area contributed by atoms with E-state index in [9.17, 15) is 18.7 Å². The number of nitrogens with zero attached hydrogens (tertiary/aromatic N) is 8. The van der Waals surface area contributed by atoms with Crippen LogP contribution in [-0.2, 0) is 18.7 Å². The molecule has 0 amide bonds. The van der Waals surface area contributed by atoms with Crippen LogP contribution in [0.2, 0.25) is 0 Å². The first-order valence-corrected chi connectivity index (χ1v) is 13.6. The molecule has 0 saturated carbocycles. The number of piperazine rings is 1. The maximum absolute atomic E-state index is 14.8. The Labute approximate surface area is 240 Å². The van der Waals surface area contributed by atoms with Gasteiger partial charge in [-0.05, 0) is 48.9 Å². The zero-order valence-corrected chi connectivity index (χ0v) is 23.0. The Morgan fingerprint density at radius 1 is 0.857 bits per heavy atom. The van der Waals surface area contributed by atoms with Gasteiger partial charge in [0.2, 0.25) is 0 Å². The maximum Gasteiger partial charge on any atom is 0.350 e. The summed E-state index contributed by atoms with van der Waals surface area (Å²) in [7, 11) is 0. The van der Waals surface area contributed by atoms with E-state index < -0.39 is 29.5 Å². The van der Waals surface area contributed by atoms with Gasteiger partial charge in [0.15, 0.2) is 0 Å². The summed E-state index contributed by atoms with van der Waals surface area (Å²) in [6, 6.07) is 18.9. The van der Waals surface area contributed by atoms with Crippen LogP contribution in [0.1, 0.15) is 11.1 Å². The Balaban J connectivity index is 1.19. The number of hydrogen-bond donors (Lipinski definition) is 1. The minimum absolute atomic E-state index is 0.187. The zero-order chi connectivity index (χ0) is 29.3. The van der Waals surface area contributed by atoms with Crippen LogP contribution < -0.4 is 15.5 Å². The maximum atomic E-state index is 14.8. The van der Waals surface area contributed by atoms with Crippen LogP contribution in [0.4, 0.5) is 20.2 Å². The zero-order valence-electron chi connectivity index (χ0n) is 23.0. The fraction of sp³-hybridized carbons (Fsp3) is 0.267. The summed E-state index contributed by atoms with van der Waals surface area (Å²) >= 11 is 0. The summed E-state index contributed by atoms with van der Waals surface area (Å²) in [5.74, 6) is -1.72. The summed E-state index contributed by atoms with van der Waals surface area (Å²) < 4.78 is 32.1. The van der Waals surface area contributed by atoms with Gasteiger partial charge in [0, 0.05) is 49.2 Å². The van der Waals surface area contributed by atoms with Crippen molar-refractivity contribution in [1.82, 2.24) is 29.1 Å². The van der Waals surface area contributed by atoms with E-state index in [1.165, 1.54) is 39.5 Å². The summed E-state index contributed by atoms with van der Waals surface area (Å²) in [4.78, 5) is 21.9. The second-order valence-corrected chi connectivity index (χ2v) is 10.5. The smallest absolute Gasteiger partial charge is 0.350 e. The molecule has 1 saturated heterocycles. The average molecular weight is 573 g/mol. The lowest BCUT2D eigenvalue weighted by Gasteiger charge is -2.38. The molecule has 2 aromatic heterocycles. The third-order valence-corrected chi connectivity index (χ3v) is 7.70. The topological polar surface area (TPSA) is 97.2 Å². The van der Waals surface area contributed by atoms with Gasteiger partial charge >= 0.3 is 5.69 Å². The van der Waals surface area contributed by atoms with Crippen molar-refractivity contribution in [2.75, 3.05) is 36.0 Å². The fourth-order valence-electron chi connectivity index (χ4n) is 5.49. The highest BCUT2D eigenvalue weighted by Gasteiger charge is 2.35. The number of anilines is 2. The lowest BCUT2D eigenvalue weighted by molar-refractivity contribution is -0.00948. The molecule has 10 nitrogen and oxygen atoms in total. The number of aliphatic hydroxyl groups is 1. The van der Waals surface area contributed by atoms with E-state index in [4.69, 9.17) is 0 Å². The molecule has 3 heterocycles. The lowest BCUT2D eigenvalue weighted by atomic mass is 9.93. The molecule has 0 spiro atoms. The number of rotatable bonds is 8. The van der Waals surface area contributed by atoms with Gasteiger partial charge in [-0.15, -0.1) is 0 Å². The Morgan fingerprint density at radius 2 is 1.57 bits per heavy atom. The van der Waals surface area contributed by atoms with Gasteiger partial charge in [0.1, 0.15) is 36.2 Å². The summed E-state index contributed by atoms with van der Waals surface area (Å²) in [5, 5.41) is 19.8. The molecule has 1 aliphatic rings. The predicted molar refractivity (Wildman–Crippen MR) is 154 cm³/mol. The number of aryl methyl sites for hydroxylation is 1. The van der Waals surface area contributed by atoms with Crippen LogP contribution in [-0.4, -0.2) is 60.4 Å². The van der Waals surface area contributed by atoms with Crippen LogP contribution in [0.5, 0.6) is 0 Å². The molecule has 0 radical (unpaired) electrons.